The fourth-order valence-electron chi connectivity index (χ4n) is 2.22. The lowest BCUT2D eigenvalue weighted by molar-refractivity contribution is 1.32. The molecule has 1 nitrogen and oxygen atoms in total. The van der Waals surface area contributed by atoms with Crippen LogP contribution in [0, 0.1) is 0 Å². The Balaban J connectivity index is 2.07. The molecule has 0 aliphatic heterocycles. The van der Waals surface area contributed by atoms with Gasteiger partial charge in [0.25, 0.3) is 0 Å². The molecule has 6 heteroatoms. The van der Waals surface area contributed by atoms with Gasteiger partial charge in [-0.05, 0) is 54.1 Å². The van der Waals surface area contributed by atoms with Gasteiger partial charge in [-0.2, -0.15) is 0 Å². The van der Waals surface area contributed by atoms with E-state index in [-0.39, 0.29) is 0 Å². The molecule has 23 heavy (non-hydrogen) atoms. The van der Waals surface area contributed by atoms with Crippen molar-refractivity contribution in [3.8, 4) is 22.4 Å². The molecule has 3 rings (SSSR count). The summed E-state index contributed by atoms with van der Waals surface area (Å²) in [6, 6.07) is 14.2. The van der Waals surface area contributed by atoms with E-state index in [1.807, 2.05) is 12.1 Å². The molecule has 0 fully saturated rings. The van der Waals surface area contributed by atoms with Crippen LogP contribution in [0.15, 0.2) is 48.5 Å². The van der Waals surface area contributed by atoms with Crippen LogP contribution in [-0.4, -0.2) is 4.98 Å². The Morgan fingerprint density at radius 2 is 1.04 bits per heavy atom. The number of benzene rings is 2. The Labute approximate surface area is 158 Å². The maximum Gasteiger partial charge on any atom is 0.137 e. The molecular weight excluding hydrogens is 395 g/mol. The van der Waals surface area contributed by atoms with Gasteiger partial charge >= 0.3 is 0 Å². The monoisotopic (exact) mass is 401 g/mol. The molecular formula is C17H8Cl5N. The first-order chi connectivity index (χ1) is 10.9. The van der Waals surface area contributed by atoms with Crippen molar-refractivity contribution in [1.29, 1.82) is 0 Å². The molecule has 0 N–H and O–H groups in total. The van der Waals surface area contributed by atoms with Gasteiger partial charge in [0.2, 0.25) is 0 Å². The molecule has 0 radical (unpaired) electrons. The second-order valence-electron chi connectivity index (χ2n) is 4.85. The van der Waals surface area contributed by atoms with E-state index in [2.05, 4.69) is 4.98 Å². The third kappa shape index (κ3) is 3.93. The molecule has 0 unspecified atom stereocenters. The predicted molar refractivity (Wildman–Crippen MR) is 100 cm³/mol. The van der Waals surface area contributed by atoms with Crippen molar-refractivity contribution >= 4 is 58.0 Å². The Bertz CT molecular complexity index is 852. The topological polar surface area (TPSA) is 12.9 Å². The van der Waals surface area contributed by atoms with Crippen molar-refractivity contribution in [1.82, 2.24) is 4.98 Å². The molecule has 0 spiro atoms. The lowest BCUT2D eigenvalue weighted by Crippen LogP contribution is -1.89. The highest BCUT2D eigenvalue weighted by Gasteiger charge is 2.10. The highest BCUT2D eigenvalue weighted by atomic mass is 35.5. The first-order valence-corrected chi connectivity index (χ1v) is 8.41. The quantitative estimate of drug-likeness (QED) is 0.400. The number of hydrogen-bond donors (Lipinski definition) is 0. The summed E-state index contributed by atoms with van der Waals surface area (Å²) in [4.78, 5) is 4.42. The predicted octanol–water partition coefficient (Wildman–Crippen LogP) is 7.68. The number of hydrogen-bond acceptors (Lipinski definition) is 1. The SMILES string of the molecule is Clc1cc(Cl)cc(-c2ccc(-c3cc(Cl)cc(Cl)c3)c(Cl)n2)c1. The van der Waals surface area contributed by atoms with Crippen molar-refractivity contribution in [2.24, 2.45) is 0 Å². The minimum Gasteiger partial charge on any atom is -0.235 e. The van der Waals surface area contributed by atoms with Crippen LogP contribution in [0.4, 0.5) is 0 Å². The first kappa shape index (κ1) is 16.9. The molecule has 0 saturated carbocycles. The number of pyridine rings is 1. The van der Waals surface area contributed by atoms with Crippen LogP contribution in [0.3, 0.4) is 0 Å². The van der Waals surface area contributed by atoms with Crippen molar-refractivity contribution < 1.29 is 0 Å². The fourth-order valence-corrected chi connectivity index (χ4v) is 3.54. The summed E-state index contributed by atoms with van der Waals surface area (Å²) < 4.78 is 0. The van der Waals surface area contributed by atoms with E-state index < -0.39 is 0 Å². The number of rotatable bonds is 2. The second-order valence-corrected chi connectivity index (χ2v) is 6.95. The highest BCUT2D eigenvalue weighted by molar-refractivity contribution is 6.36. The molecule has 0 bridgehead atoms. The molecule has 0 aliphatic carbocycles. The molecule has 2 aromatic carbocycles. The van der Waals surface area contributed by atoms with E-state index in [0.717, 1.165) is 16.7 Å². The van der Waals surface area contributed by atoms with E-state index in [4.69, 9.17) is 58.0 Å². The Hall–Kier alpha value is -0.960. The van der Waals surface area contributed by atoms with Crippen LogP contribution in [0.2, 0.25) is 25.2 Å². The summed E-state index contributed by atoms with van der Waals surface area (Å²) in [6.45, 7) is 0. The Kier molecular flexibility index (Phi) is 5.05. The van der Waals surface area contributed by atoms with E-state index >= 15 is 0 Å². The van der Waals surface area contributed by atoms with Crippen LogP contribution in [0.1, 0.15) is 0 Å². The molecule has 1 aromatic heterocycles. The highest BCUT2D eigenvalue weighted by Crippen LogP contribution is 2.34. The lowest BCUT2D eigenvalue weighted by atomic mass is 10.1. The lowest BCUT2D eigenvalue weighted by Gasteiger charge is -2.08. The molecule has 3 aromatic rings. The van der Waals surface area contributed by atoms with Gasteiger partial charge in [0.1, 0.15) is 5.15 Å². The van der Waals surface area contributed by atoms with Gasteiger partial charge in [-0.25, -0.2) is 4.98 Å². The minimum absolute atomic E-state index is 0.344. The summed E-state index contributed by atoms with van der Waals surface area (Å²) in [7, 11) is 0. The third-order valence-electron chi connectivity index (χ3n) is 3.18. The summed E-state index contributed by atoms with van der Waals surface area (Å²) >= 11 is 30.5. The second kappa shape index (κ2) is 6.88. The van der Waals surface area contributed by atoms with E-state index in [1.165, 1.54) is 0 Å². The van der Waals surface area contributed by atoms with Gasteiger partial charge in [-0.3, -0.25) is 0 Å². The molecule has 0 saturated heterocycles. The minimum atomic E-state index is 0.344. The summed E-state index contributed by atoms with van der Waals surface area (Å²) in [5, 5.41) is 2.49. The largest absolute Gasteiger partial charge is 0.235 e. The van der Waals surface area contributed by atoms with Gasteiger partial charge in [-0.15, -0.1) is 0 Å². The van der Waals surface area contributed by atoms with Crippen LogP contribution in [-0.2, 0) is 0 Å². The maximum absolute atomic E-state index is 6.33. The number of aromatic nitrogens is 1. The normalized spacial score (nSPS) is 10.8. The average Bonchev–Trinajstić information content (AvgIpc) is 2.45. The van der Waals surface area contributed by atoms with Gasteiger partial charge in [0, 0.05) is 31.2 Å². The summed E-state index contributed by atoms with van der Waals surface area (Å²) in [5.41, 5.74) is 3.01. The Morgan fingerprint density at radius 3 is 1.52 bits per heavy atom. The zero-order valence-electron chi connectivity index (χ0n) is 11.5. The van der Waals surface area contributed by atoms with Crippen LogP contribution >= 0.6 is 58.0 Å². The van der Waals surface area contributed by atoms with E-state index in [9.17, 15) is 0 Å². The van der Waals surface area contributed by atoms with Crippen molar-refractivity contribution in [2.45, 2.75) is 0 Å². The molecule has 0 aliphatic rings. The summed E-state index contributed by atoms with van der Waals surface area (Å²) in [6.07, 6.45) is 0. The Morgan fingerprint density at radius 1 is 0.565 bits per heavy atom. The molecule has 0 atom stereocenters. The van der Waals surface area contributed by atoms with Gasteiger partial charge in [0.15, 0.2) is 0 Å². The van der Waals surface area contributed by atoms with Crippen LogP contribution < -0.4 is 0 Å². The molecule has 0 amide bonds. The van der Waals surface area contributed by atoms with Crippen LogP contribution in [0.25, 0.3) is 22.4 Å². The van der Waals surface area contributed by atoms with Crippen LogP contribution in [0.5, 0.6) is 0 Å². The van der Waals surface area contributed by atoms with E-state index in [0.29, 0.717) is 30.9 Å². The zero-order valence-corrected chi connectivity index (χ0v) is 15.2. The van der Waals surface area contributed by atoms with Gasteiger partial charge in [0.05, 0.1) is 5.69 Å². The van der Waals surface area contributed by atoms with Gasteiger partial charge in [-0.1, -0.05) is 58.0 Å². The number of halogens is 5. The zero-order chi connectivity index (χ0) is 16.6. The van der Waals surface area contributed by atoms with Crippen molar-refractivity contribution in [3.05, 3.63) is 73.8 Å². The maximum atomic E-state index is 6.33. The fraction of sp³-hybridized carbons (Fsp3) is 0. The smallest absolute Gasteiger partial charge is 0.137 e. The molecule has 116 valence electrons. The molecule has 1 heterocycles. The third-order valence-corrected chi connectivity index (χ3v) is 4.34. The first-order valence-electron chi connectivity index (χ1n) is 6.52. The van der Waals surface area contributed by atoms with E-state index in [1.54, 1.807) is 36.4 Å². The van der Waals surface area contributed by atoms with Crippen molar-refractivity contribution in [3.63, 3.8) is 0 Å². The average molecular weight is 404 g/mol. The standard InChI is InChI=1S/C17H8Cl5N/c18-11-3-9(4-12(19)7-11)15-1-2-16(23-17(15)22)10-5-13(20)8-14(21)6-10/h1-8H. The number of nitrogens with zero attached hydrogens (tertiary/aromatic N) is 1. The van der Waals surface area contributed by atoms with Crippen molar-refractivity contribution in [2.75, 3.05) is 0 Å². The summed E-state index contributed by atoms with van der Waals surface area (Å²) in [5.74, 6) is 0. The van der Waals surface area contributed by atoms with Gasteiger partial charge < -0.3 is 0 Å².